The molecule has 3 saturated heterocycles. The van der Waals surface area contributed by atoms with Crippen molar-refractivity contribution in [2.75, 3.05) is 72.1 Å². The van der Waals surface area contributed by atoms with Gasteiger partial charge in [-0.05, 0) is 12.8 Å². The molecule has 3 heterocycles. The zero-order valence-corrected chi connectivity index (χ0v) is 13.6. The number of piperazine rings is 1. The SMILES string of the molecule is O=C1CCCCN1C[C@H](CN1CCOCC1)N1CCNCC1. The van der Waals surface area contributed by atoms with Crippen LogP contribution >= 0.6 is 0 Å². The Kier molecular flexibility index (Phi) is 6.06. The molecule has 0 aromatic carbocycles. The van der Waals surface area contributed by atoms with Crippen molar-refractivity contribution >= 4 is 5.91 Å². The summed E-state index contributed by atoms with van der Waals surface area (Å²) in [4.78, 5) is 19.4. The average Bonchev–Trinajstić information content (AvgIpc) is 2.58. The Bertz CT molecular complexity index is 354. The zero-order chi connectivity index (χ0) is 15.2. The van der Waals surface area contributed by atoms with Crippen LogP contribution in [0.3, 0.4) is 0 Å². The van der Waals surface area contributed by atoms with Gasteiger partial charge in [0.2, 0.25) is 5.91 Å². The van der Waals surface area contributed by atoms with Crippen LogP contribution in [-0.2, 0) is 9.53 Å². The smallest absolute Gasteiger partial charge is 0.222 e. The van der Waals surface area contributed by atoms with E-state index in [9.17, 15) is 4.79 Å². The largest absolute Gasteiger partial charge is 0.379 e. The molecule has 0 radical (unpaired) electrons. The molecule has 0 saturated carbocycles. The monoisotopic (exact) mass is 310 g/mol. The first kappa shape index (κ1) is 16.2. The van der Waals surface area contributed by atoms with E-state index < -0.39 is 0 Å². The van der Waals surface area contributed by atoms with E-state index in [2.05, 4.69) is 20.0 Å². The maximum absolute atomic E-state index is 12.2. The lowest BCUT2D eigenvalue weighted by molar-refractivity contribution is -0.134. The maximum Gasteiger partial charge on any atom is 0.222 e. The molecule has 126 valence electrons. The lowest BCUT2D eigenvalue weighted by Gasteiger charge is -2.41. The summed E-state index contributed by atoms with van der Waals surface area (Å²) in [5.74, 6) is 0.355. The Morgan fingerprint density at radius 3 is 2.50 bits per heavy atom. The fourth-order valence-corrected chi connectivity index (χ4v) is 3.73. The van der Waals surface area contributed by atoms with E-state index in [1.54, 1.807) is 0 Å². The van der Waals surface area contributed by atoms with Crippen molar-refractivity contribution in [2.24, 2.45) is 0 Å². The molecule has 1 N–H and O–H groups in total. The van der Waals surface area contributed by atoms with E-state index in [0.717, 1.165) is 91.4 Å². The van der Waals surface area contributed by atoms with Gasteiger partial charge < -0.3 is 15.0 Å². The zero-order valence-electron chi connectivity index (χ0n) is 13.6. The molecule has 6 nitrogen and oxygen atoms in total. The number of likely N-dealkylation sites (tertiary alicyclic amines) is 1. The summed E-state index contributed by atoms with van der Waals surface area (Å²) < 4.78 is 5.46. The number of hydrogen-bond acceptors (Lipinski definition) is 5. The molecule has 3 aliphatic heterocycles. The van der Waals surface area contributed by atoms with Crippen LogP contribution in [0.25, 0.3) is 0 Å². The van der Waals surface area contributed by atoms with Crippen molar-refractivity contribution in [2.45, 2.75) is 25.3 Å². The van der Waals surface area contributed by atoms with E-state index in [4.69, 9.17) is 4.74 Å². The Labute approximate surface area is 133 Å². The van der Waals surface area contributed by atoms with Gasteiger partial charge in [0.15, 0.2) is 0 Å². The quantitative estimate of drug-likeness (QED) is 0.749. The molecule has 0 aromatic heterocycles. The first-order valence-electron chi connectivity index (χ1n) is 8.85. The average molecular weight is 310 g/mol. The number of nitrogens with one attached hydrogen (secondary N) is 1. The molecule has 1 atom stereocenters. The number of carbonyl (C=O) groups is 1. The van der Waals surface area contributed by atoms with Crippen molar-refractivity contribution < 1.29 is 9.53 Å². The molecular weight excluding hydrogens is 280 g/mol. The van der Waals surface area contributed by atoms with Gasteiger partial charge in [0.05, 0.1) is 13.2 Å². The Hall–Kier alpha value is -0.690. The Balaban J connectivity index is 1.60. The summed E-state index contributed by atoms with van der Waals surface area (Å²) in [7, 11) is 0. The number of ether oxygens (including phenoxy) is 1. The first-order valence-corrected chi connectivity index (χ1v) is 8.85. The van der Waals surface area contributed by atoms with Gasteiger partial charge >= 0.3 is 0 Å². The number of nitrogens with zero attached hydrogens (tertiary/aromatic N) is 3. The van der Waals surface area contributed by atoms with Crippen molar-refractivity contribution in [3.05, 3.63) is 0 Å². The van der Waals surface area contributed by atoms with Crippen molar-refractivity contribution in [1.82, 2.24) is 20.0 Å². The van der Waals surface area contributed by atoms with Crippen LogP contribution in [-0.4, -0.2) is 98.8 Å². The lowest BCUT2D eigenvalue weighted by Crippen LogP contribution is -2.57. The van der Waals surface area contributed by atoms with E-state index >= 15 is 0 Å². The Morgan fingerprint density at radius 1 is 1.00 bits per heavy atom. The highest BCUT2D eigenvalue weighted by Crippen LogP contribution is 2.14. The third-order valence-electron chi connectivity index (χ3n) is 5.09. The minimum atomic E-state index is 0.355. The second kappa shape index (κ2) is 8.24. The molecule has 0 bridgehead atoms. The van der Waals surface area contributed by atoms with E-state index in [-0.39, 0.29) is 0 Å². The second-order valence-corrected chi connectivity index (χ2v) is 6.65. The van der Waals surface area contributed by atoms with Crippen LogP contribution in [0, 0.1) is 0 Å². The van der Waals surface area contributed by atoms with Crippen LogP contribution in [0.1, 0.15) is 19.3 Å². The van der Waals surface area contributed by atoms with Gasteiger partial charge in [0.25, 0.3) is 0 Å². The molecule has 0 unspecified atom stereocenters. The second-order valence-electron chi connectivity index (χ2n) is 6.65. The highest BCUT2D eigenvalue weighted by Gasteiger charge is 2.28. The van der Waals surface area contributed by atoms with Gasteiger partial charge in [0, 0.05) is 71.4 Å². The summed E-state index contributed by atoms with van der Waals surface area (Å²) in [5, 5.41) is 3.43. The lowest BCUT2D eigenvalue weighted by atomic mass is 10.1. The third-order valence-corrected chi connectivity index (χ3v) is 5.09. The minimum Gasteiger partial charge on any atom is -0.379 e. The maximum atomic E-state index is 12.2. The van der Waals surface area contributed by atoms with Gasteiger partial charge in [-0.25, -0.2) is 0 Å². The summed E-state index contributed by atoms with van der Waals surface area (Å²) in [6.45, 7) is 11.0. The highest BCUT2D eigenvalue weighted by molar-refractivity contribution is 5.76. The van der Waals surface area contributed by atoms with Crippen LogP contribution in [0.5, 0.6) is 0 Å². The normalized spacial score (nSPS) is 27.1. The van der Waals surface area contributed by atoms with Crippen LogP contribution in [0.15, 0.2) is 0 Å². The van der Waals surface area contributed by atoms with Gasteiger partial charge in [-0.2, -0.15) is 0 Å². The predicted octanol–water partition coefficient (Wildman–Crippen LogP) is -0.395. The van der Waals surface area contributed by atoms with Crippen LogP contribution in [0.2, 0.25) is 0 Å². The molecule has 0 aromatic rings. The number of carbonyl (C=O) groups excluding carboxylic acids is 1. The molecule has 22 heavy (non-hydrogen) atoms. The minimum absolute atomic E-state index is 0.355. The number of hydrogen-bond donors (Lipinski definition) is 1. The number of amides is 1. The standard InChI is InChI=1S/C16H30N4O2/c21-16-3-1-2-6-20(16)14-15(19-7-4-17-5-8-19)13-18-9-11-22-12-10-18/h15,17H,1-14H2/t15-/m0/s1. The summed E-state index contributed by atoms with van der Waals surface area (Å²) in [6.07, 6.45) is 2.97. The van der Waals surface area contributed by atoms with E-state index in [0.29, 0.717) is 11.9 Å². The molecular formula is C16H30N4O2. The molecule has 1 amide bonds. The van der Waals surface area contributed by atoms with Gasteiger partial charge in [-0.15, -0.1) is 0 Å². The summed E-state index contributed by atoms with van der Waals surface area (Å²) in [5.41, 5.74) is 0. The van der Waals surface area contributed by atoms with Gasteiger partial charge in [-0.1, -0.05) is 0 Å². The fraction of sp³-hybridized carbons (Fsp3) is 0.938. The molecule has 0 spiro atoms. The first-order chi connectivity index (χ1) is 10.8. The predicted molar refractivity (Wildman–Crippen MR) is 85.9 cm³/mol. The summed E-state index contributed by atoms with van der Waals surface area (Å²) in [6, 6.07) is 0.460. The molecule has 6 heteroatoms. The van der Waals surface area contributed by atoms with E-state index in [1.165, 1.54) is 0 Å². The van der Waals surface area contributed by atoms with E-state index in [1.807, 2.05) is 0 Å². The number of piperidine rings is 1. The third kappa shape index (κ3) is 4.41. The van der Waals surface area contributed by atoms with Crippen molar-refractivity contribution in [3.63, 3.8) is 0 Å². The van der Waals surface area contributed by atoms with Gasteiger partial charge in [0.1, 0.15) is 0 Å². The molecule has 3 rings (SSSR count). The fourth-order valence-electron chi connectivity index (χ4n) is 3.73. The van der Waals surface area contributed by atoms with Crippen LogP contribution < -0.4 is 5.32 Å². The van der Waals surface area contributed by atoms with Gasteiger partial charge in [-0.3, -0.25) is 14.6 Å². The topological polar surface area (TPSA) is 48.1 Å². The summed E-state index contributed by atoms with van der Waals surface area (Å²) >= 11 is 0. The molecule has 3 aliphatic rings. The Morgan fingerprint density at radius 2 is 1.77 bits per heavy atom. The number of morpholine rings is 1. The molecule has 0 aliphatic carbocycles. The van der Waals surface area contributed by atoms with Crippen LogP contribution in [0.4, 0.5) is 0 Å². The van der Waals surface area contributed by atoms with Crippen molar-refractivity contribution in [1.29, 1.82) is 0 Å². The molecule has 3 fully saturated rings. The van der Waals surface area contributed by atoms with Crippen molar-refractivity contribution in [3.8, 4) is 0 Å². The highest BCUT2D eigenvalue weighted by atomic mass is 16.5. The number of rotatable bonds is 5.